The number of ether oxygens (including phenoxy) is 2. The second kappa shape index (κ2) is 7.03. The van der Waals surface area contributed by atoms with Gasteiger partial charge in [-0.3, -0.25) is 4.79 Å². The van der Waals surface area contributed by atoms with Crippen LogP contribution in [0.1, 0.15) is 43.7 Å². The van der Waals surface area contributed by atoms with Crippen molar-refractivity contribution >= 4 is 11.4 Å². The van der Waals surface area contributed by atoms with Crippen molar-refractivity contribution in [2.24, 2.45) is 5.41 Å². The van der Waals surface area contributed by atoms with Crippen molar-refractivity contribution in [2.45, 2.75) is 32.6 Å². The normalized spacial score (nSPS) is 19.2. The number of carbonyl (C=O) groups excluding carboxylic acids is 1. The second-order valence-electron chi connectivity index (χ2n) is 9.23. The minimum atomic E-state index is -0.372. The van der Waals surface area contributed by atoms with Gasteiger partial charge >= 0.3 is 0 Å². The Balaban J connectivity index is 1.60. The lowest BCUT2D eigenvalue weighted by Gasteiger charge is -2.37. The highest BCUT2D eigenvalue weighted by Gasteiger charge is 2.44. The van der Waals surface area contributed by atoms with Gasteiger partial charge in [-0.2, -0.15) is 0 Å². The molecule has 1 atom stereocenters. The molecule has 0 N–H and O–H groups in total. The number of aromatic nitrogens is 4. The monoisotopic (exact) mass is 442 g/mol. The predicted octanol–water partition coefficient (Wildman–Crippen LogP) is 4.56. The van der Waals surface area contributed by atoms with E-state index in [9.17, 15) is 4.79 Å². The van der Waals surface area contributed by atoms with Crippen LogP contribution in [0.3, 0.4) is 0 Å². The highest BCUT2D eigenvalue weighted by atomic mass is 16.5. The molecule has 1 aliphatic carbocycles. The number of fused-ring (bicyclic) bond motifs is 3. The lowest BCUT2D eigenvalue weighted by molar-refractivity contribution is -0.118. The average Bonchev–Trinajstić information content (AvgIpc) is 3.46. The summed E-state index contributed by atoms with van der Waals surface area (Å²) in [6.45, 7) is 4.17. The molecule has 1 aromatic carbocycles. The van der Waals surface area contributed by atoms with Gasteiger partial charge in [-0.25, -0.2) is 14.5 Å². The zero-order valence-corrected chi connectivity index (χ0v) is 18.5. The van der Waals surface area contributed by atoms with Gasteiger partial charge in [-0.15, -0.1) is 5.10 Å². The van der Waals surface area contributed by atoms with Gasteiger partial charge in [0.25, 0.3) is 0 Å². The summed E-state index contributed by atoms with van der Waals surface area (Å²) in [5.41, 5.74) is 2.74. The van der Waals surface area contributed by atoms with Gasteiger partial charge in [0, 0.05) is 24.3 Å². The van der Waals surface area contributed by atoms with Gasteiger partial charge in [-0.1, -0.05) is 26.0 Å². The number of hydrogen-bond donors (Lipinski definition) is 0. The molecule has 0 spiro atoms. The number of allylic oxidation sites excluding steroid dienone is 2. The molecule has 8 heteroatoms. The minimum Gasteiger partial charge on any atom is -0.497 e. The first-order valence-electron chi connectivity index (χ1n) is 10.8. The maximum absolute atomic E-state index is 13.4. The molecule has 2 aliphatic rings. The van der Waals surface area contributed by atoms with Crippen LogP contribution in [0.5, 0.6) is 11.6 Å². The summed E-state index contributed by atoms with van der Waals surface area (Å²) in [5.74, 6) is 2.59. The van der Waals surface area contributed by atoms with E-state index in [1.807, 2.05) is 24.3 Å². The van der Waals surface area contributed by atoms with Crippen LogP contribution in [-0.4, -0.2) is 32.5 Å². The van der Waals surface area contributed by atoms with Crippen LogP contribution in [0, 0.1) is 5.41 Å². The number of ketones is 1. The number of methoxy groups -OCH3 is 1. The van der Waals surface area contributed by atoms with Crippen LogP contribution in [0.4, 0.5) is 0 Å². The van der Waals surface area contributed by atoms with Crippen LogP contribution in [-0.2, 0) is 4.79 Å². The lowest BCUT2D eigenvalue weighted by atomic mass is 9.70. The van der Waals surface area contributed by atoms with E-state index in [2.05, 4.69) is 23.9 Å². The Morgan fingerprint density at radius 2 is 1.97 bits per heavy atom. The highest BCUT2D eigenvalue weighted by molar-refractivity contribution is 6.00. The first-order valence-corrected chi connectivity index (χ1v) is 10.8. The maximum Gasteiger partial charge on any atom is 0.228 e. The van der Waals surface area contributed by atoms with Crippen LogP contribution in [0.25, 0.3) is 17.2 Å². The molecule has 0 amide bonds. The molecular formula is C25H22N4O4. The topological polar surface area (TPSA) is 91.8 Å². The van der Waals surface area contributed by atoms with Gasteiger partial charge < -0.3 is 13.9 Å². The molecule has 4 heterocycles. The molecule has 0 radical (unpaired) electrons. The van der Waals surface area contributed by atoms with Crippen molar-refractivity contribution in [3.63, 3.8) is 0 Å². The zero-order valence-electron chi connectivity index (χ0n) is 18.5. The fourth-order valence-electron chi connectivity index (χ4n) is 4.79. The number of nitrogens with zero attached hydrogens (tertiary/aromatic N) is 4. The molecule has 0 saturated heterocycles. The molecular weight excluding hydrogens is 420 g/mol. The van der Waals surface area contributed by atoms with E-state index < -0.39 is 0 Å². The molecule has 0 bridgehead atoms. The van der Waals surface area contributed by atoms with Crippen molar-refractivity contribution in [2.75, 3.05) is 7.11 Å². The van der Waals surface area contributed by atoms with Crippen molar-refractivity contribution in [3.05, 3.63) is 71.4 Å². The SMILES string of the molecule is COc1ccc([C@@H]2C3=C(CC(C)(C)CC3=O)Oc3ncn4nc(-c5ccco5)nc4c32)cc1. The summed E-state index contributed by atoms with van der Waals surface area (Å²) in [5, 5.41) is 4.54. The summed E-state index contributed by atoms with van der Waals surface area (Å²) >= 11 is 0. The Morgan fingerprint density at radius 3 is 2.70 bits per heavy atom. The summed E-state index contributed by atoms with van der Waals surface area (Å²) in [6.07, 6.45) is 4.28. The number of carbonyl (C=O) groups is 1. The molecule has 8 nitrogen and oxygen atoms in total. The zero-order chi connectivity index (χ0) is 22.7. The number of furan rings is 1. The van der Waals surface area contributed by atoms with Gasteiger partial charge in [0.05, 0.1) is 18.9 Å². The van der Waals surface area contributed by atoms with Gasteiger partial charge in [-0.05, 0) is 35.2 Å². The highest BCUT2D eigenvalue weighted by Crippen LogP contribution is 2.50. The van der Waals surface area contributed by atoms with Gasteiger partial charge in [0.2, 0.25) is 11.7 Å². The van der Waals surface area contributed by atoms with E-state index in [1.54, 1.807) is 36.3 Å². The van der Waals surface area contributed by atoms with E-state index in [-0.39, 0.29) is 17.1 Å². The molecule has 6 rings (SSSR count). The number of hydrogen-bond acceptors (Lipinski definition) is 7. The predicted molar refractivity (Wildman–Crippen MR) is 119 cm³/mol. The lowest BCUT2D eigenvalue weighted by Crippen LogP contribution is -2.33. The van der Waals surface area contributed by atoms with Crippen molar-refractivity contribution in [1.82, 2.24) is 19.6 Å². The third-order valence-electron chi connectivity index (χ3n) is 6.25. The Labute approximate surface area is 189 Å². The summed E-state index contributed by atoms with van der Waals surface area (Å²) in [4.78, 5) is 22.7. The van der Waals surface area contributed by atoms with Crippen molar-refractivity contribution < 1.29 is 18.7 Å². The molecule has 33 heavy (non-hydrogen) atoms. The van der Waals surface area contributed by atoms with Crippen LogP contribution in [0.2, 0.25) is 0 Å². The van der Waals surface area contributed by atoms with E-state index in [4.69, 9.17) is 18.9 Å². The minimum absolute atomic E-state index is 0.0838. The molecule has 0 unspecified atom stereocenters. The first-order chi connectivity index (χ1) is 15.9. The van der Waals surface area contributed by atoms with Crippen molar-refractivity contribution in [1.29, 1.82) is 0 Å². The van der Waals surface area contributed by atoms with E-state index in [0.717, 1.165) is 16.9 Å². The molecule has 4 aromatic rings. The van der Waals surface area contributed by atoms with Gasteiger partial charge in [0.1, 0.15) is 17.8 Å². The fraction of sp³-hybridized carbons (Fsp3) is 0.280. The third-order valence-corrected chi connectivity index (χ3v) is 6.25. The molecule has 3 aromatic heterocycles. The van der Waals surface area contributed by atoms with Gasteiger partial charge in [0.15, 0.2) is 17.2 Å². The Hall–Kier alpha value is -3.94. The quantitative estimate of drug-likeness (QED) is 0.459. The first kappa shape index (κ1) is 19.7. The number of benzene rings is 1. The van der Waals surface area contributed by atoms with E-state index in [1.165, 1.54) is 0 Å². The van der Waals surface area contributed by atoms with E-state index in [0.29, 0.717) is 47.3 Å². The fourth-order valence-corrected chi connectivity index (χ4v) is 4.79. The number of Topliss-reactive ketones (excluding diaryl/α,β-unsaturated/α-hetero) is 1. The standard InChI is InChI=1S/C25H22N4O4/c1-25(2)11-16(30)20-18(12-25)33-24-21(19(20)14-6-8-15(31-3)9-7-14)23-27-22(17-5-4-10-32-17)28-29(23)13-26-24/h4-10,13,19H,11-12H2,1-3H3/t19-/m1/s1. The van der Waals surface area contributed by atoms with Crippen LogP contribution in [0.15, 0.2) is 64.7 Å². The Bertz CT molecular complexity index is 1410. The van der Waals surface area contributed by atoms with Crippen LogP contribution < -0.4 is 9.47 Å². The van der Waals surface area contributed by atoms with Crippen LogP contribution >= 0.6 is 0 Å². The third kappa shape index (κ3) is 3.13. The molecule has 0 fully saturated rings. The largest absolute Gasteiger partial charge is 0.497 e. The summed E-state index contributed by atoms with van der Waals surface area (Å²) in [7, 11) is 1.63. The summed E-state index contributed by atoms with van der Waals surface area (Å²) in [6, 6.07) is 11.3. The smallest absolute Gasteiger partial charge is 0.228 e. The molecule has 1 aliphatic heterocycles. The van der Waals surface area contributed by atoms with Crippen molar-refractivity contribution in [3.8, 4) is 23.2 Å². The number of rotatable bonds is 3. The Kier molecular flexibility index (Phi) is 4.20. The average molecular weight is 442 g/mol. The summed E-state index contributed by atoms with van der Waals surface area (Å²) < 4.78 is 18.7. The second-order valence-corrected chi connectivity index (χ2v) is 9.23. The van der Waals surface area contributed by atoms with E-state index >= 15 is 0 Å². The molecule has 0 saturated carbocycles. The maximum atomic E-state index is 13.4. The Morgan fingerprint density at radius 1 is 1.15 bits per heavy atom. The molecule has 166 valence electrons.